The lowest BCUT2D eigenvalue weighted by atomic mass is 10.1. The summed E-state index contributed by atoms with van der Waals surface area (Å²) >= 11 is 0. The van der Waals surface area contributed by atoms with E-state index in [0.29, 0.717) is 5.95 Å². The van der Waals surface area contributed by atoms with Crippen LogP contribution < -0.4 is 10.6 Å². The lowest BCUT2D eigenvalue weighted by Crippen LogP contribution is -2.31. The highest BCUT2D eigenvalue weighted by Gasteiger charge is 2.31. The van der Waals surface area contributed by atoms with Gasteiger partial charge in [0.25, 0.3) is 0 Å². The van der Waals surface area contributed by atoms with Gasteiger partial charge in [0.2, 0.25) is 12.4 Å². The number of nitrogens with two attached hydrogens (primary N) is 1. The van der Waals surface area contributed by atoms with Gasteiger partial charge < -0.3 is 10.6 Å². The molecule has 0 radical (unpaired) electrons. The fourth-order valence-corrected chi connectivity index (χ4v) is 3.11. The molecule has 3 aromatic rings. The summed E-state index contributed by atoms with van der Waals surface area (Å²) in [5.41, 5.74) is 3.71. The van der Waals surface area contributed by atoms with E-state index in [1.54, 1.807) is 0 Å². The molecule has 2 N–H and O–H groups in total. The highest BCUT2D eigenvalue weighted by atomic mass is 19.4. The molecule has 0 bridgehead atoms. The summed E-state index contributed by atoms with van der Waals surface area (Å²) in [5.74, 6) is -0.326. The van der Waals surface area contributed by atoms with Crippen LogP contribution >= 0.6 is 0 Å². The fourth-order valence-electron chi connectivity index (χ4n) is 3.11. The third-order valence-electron chi connectivity index (χ3n) is 4.45. The van der Waals surface area contributed by atoms with Crippen molar-refractivity contribution in [1.82, 2.24) is 19.4 Å². The van der Waals surface area contributed by atoms with Crippen LogP contribution in [0.25, 0.3) is 17.0 Å². The molecular weight excluding hydrogens is 392 g/mol. The first-order valence-corrected chi connectivity index (χ1v) is 8.82. The highest BCUT2D eigenvalue weighted by Crippen LogP contribution is 2.31. The molecule has 1 fully saturated rings. The number of aromatic nitrogens is 4. The maximum atomic E-state index is 14.4. The van der Waals surface area contributed by atoms with Crippen molar-refractivity contribution < 1.29 is 22.4 Å². The predicted molar refractivity (Wildman–Crippen MR) is 97.5 cm³/mol. The molecule has 1 saturated heterocycles. The maximum Gasteiger partial charge on any atom is 0.417 e. The van der Waals surface area contributed by atoms with Gasteiger partial charge in [-0.15, -0.1) is 0 Å². The van der Waals surface area contributed by atoms with E-state index in [9.17, 15) is 17.6 Å². The largest absolute Gasteiger partial charge is 0.417 e. The molecule has 0 unspecified atom stereocenters. The van der Waals surface area contributed by atoms with E-state index < -0.39 is 17.6 Å². The van der Waals surface area contributed by atoms with Crippen LogP contribution in [-0.2, 0) is 11.0 Å². The van der Waals surface area contributed by atoms with Crippen LogP contribution in [0.1, 0.15) is 24.8 Å². The van der Waals surface area contributed by atoms with Gasteiger partial charge in [-0.2, -0.15) is 13.2 Å². The van der Waals surface area contributed by atoms with Crippen molar-refractivity contribution >= 4 is 18.0 Å². The number of piperidine rings is 1. The fraction of sp³-hybridized carbons (Fsp3) is 0.333. The van der Waals surface area contributed by atoms with Crippen LogP contribution in [0.3, 0.4) is 0 Å². The number of fused-ring (bicyclic) bond motifs is 1. The quantitative estimate of drug-likeness (QED) is 0.518. The van der Waals surface area contributed by atoms with E-state index in [1.807, 2.05) is 4.90 Å². The van der Waals surface area contributed by atoms with Crippen molar-refractivity contribution in [2.75, 3.05) is 18.0 Å². The first kappa shape index (κ1) is 20.5. The number of amides is 1. The summed E-state index contributed by atoms with van der Waals surface area (Å²) in [7, 11) is 0. The number of anilines is 1. The normalized spacial score (nSPS) is 14.4. The predicted octanol–water partition coefficient (Wildman–Crippen LogP) is 3.04. The number of carbonyl (C=O) groups excluding carboxylic acids is 1. The maximum absolute atomic E-state index is 14.4. The zero-order valence-electron chi connectivity index (χ0n) is 15.2. The minimum absolute atomic E-state index is 0.0626. The van der Waals surface area contributed by atoms with Gasteiger partial charge in [-0.25, -0.2) is 19.3 Å². The molecule has 0 atom stereocenters. The number of rotatable bonds is 2. The molecule has 0 aliphatic carbocycles. The van der Waals surface area contributed by atoms with Crippen LogP contribution in [0, 0.1) is 5.82 Å². The Balaban J connectivity index is 0.000000755. The molecule has 4 rings (SSSR count). The molecule has 1 amide bonds. The number of primary amides is 1. The Morgan fingerprint density at radius 2 is 1.76 bits per heavy atom. The van der Waals surface area contributed by atoms with Crippen LogP contribution in [0.4, 0.5) is 23.5 Å². The van der Waals surface area contributed by atoms with Gasteiger partial charge in [-0.1, -0.05) is 0 Å². The van der Waals surface area contributed by atoms with Crippen molar-refractivity contribution in [2.45, 2.75) is 25.4 Å². The third kappa shape index (κ3) is 4.44. The number of hydrogen-bond donors (Lipinski definition) is 1. The molecule has 3 aromatic heterocycles. The molecule has 7 nitrogen and oxygen atoms in total. The molecule has 1 aliphatic heterocycles. The van der Waals surface area contributed by atoms with Gasteiger partial charge in [0.1, 0.15) is 11.3 Å². The van der Waals surface area contributed by atoms with Gasteiger partial charge in [0.15, 0.2) is 5.82 Å². The van der Waals surface area contributed by atoms with Crippen molar-refractivity contribution in [1.29, 1.82) is 0 Å². The van der Waals surface area contributed by atoms with E-state index in [-0.39, 0.29) is 23.4 Å². The molecule has 29 heavy (non-hydrogen) atoms. The van der Waals surface area contributed by atoms with Crippen LogP contribution in [-0.4, -0.2) is 38.9 Å². The highest BCUT2D eigenvalue weighted by molar-refractivity contribution is 5.62. The number of nitrogens with zero attached hydrogens (tertiary/aromatic N) is 5. The molecule has 154 valence electrons. The van der Waals surface area contributed by atoms with Crippen molar-refractivity contribution in [3.8, 4) is 11.4 Å². The van der Waals surface area contributed by atoms with Crippen LogP contribution in [0.5, 0.6) is 0 Å². The topological polar surface area (TPSA) is 89.4 Å². The van der Waals surface area contributed by atoms with E-state index in [0.717, 1.165) is 50.8 Å². The Bertz CT molecular complexity index is 998. The number of hydrogen-bond acceptors (Lipinski definition) is 5. The summed E-state index contributed by atoms with van der Waals surface area (Å²) in [6, 6.07) is 2.19. The summed E-state index contributed by atoms with van der Waals surface area (Å²) < 4.78 is 54.6. The van der Waals surface area contributed by atoms with E-state index in [1.165, 1.54) is 16.7 Å². The van der Waals surface area contributed by atoms with Gasteiger partial charge >= 0.3 is 6.18 Å². The van der Waals surface area contributed by atoms with E-state index >= 15 is 0 Å². The molecular formula is C18H18F4N6O. The minimum atomic E-state index is -4.50. The lowest BCUT2D eigenvalue weighted by Gasteiger charge is -2.26. The van der Waals surface area contributed by atoms with Crippen LogP contribution in [0.15, 0.2) is 30.7 Å². The van der Waals surface area contributed by atoms with Crippen LogP contribution in [0.2, 0.25) is 0 Å². The molecule has 0 spiro atoms. The van der Waals surface area contributed by atoms with Crippen molar-refractivity contribution in [3.05, 3.63) is 42.1 Å². The first-order valence-electron chi connectivity index (χ1n) is 8.82. The van der Waals surface area contributed by atoms with Gasteiger partial charge in [-0.05, 0) is 31.4 Å². The van der Waals surface area contributed by atoms with E-state index in [4.69, 9.17) is 4.79 Å². The molecule has 0 saturated carbocycles. The Morgan fingerprint density at radius 3 is 2.41 bits per heavy atom. The number of carbonyl (C=O) groups is 1. The molecule has 4 heterocycles. The average molecular weight is 410 g/mol. The third-order valence-corrected chi connectivity index (χ3v) is 4.45. The molecule has 0 aromatic carbocycles. The Kier molecular flexibility index (Phi) is 5.95. The Morgan fingerprint density at radius 1 is 1.07 bits per heavy atom. The molecule has 1 aliphatic rings. The van der Waals surface area contributed by atoms with Gasteiger partial charge in [0.05, 0.1) is 23.7 Å². The number of imidazole rings is 1. The number of alkyl halides is 3. The average Bonchev–Trinajstić information content (AvgIpc) is 3.12. The second-order valence-corrected chi connectivity index (χ2v) is 6.34. The smallest absolute Gasteiger partial charge is 0.372 e. The SMILES string of the molecule is Fc1cnc(N2CCCCC2)nc1-c1cnc2ccc(C(F)(F)F)cn12.NC=O. The number of pyridine rings is 1. The monoisotopic (exact) mass is 410 g/mol. The summed E-state index contributed by atoms with van der Waals surface area (Å²) in [6.45, 7) is 1.55. The van der Waals surface area contributed by atoms with Gasteiger partial charge in [0, 0.05) is 19.3 Å². The standard InChI is InChI=1S/C17H15F4N5.CH3NO/c18-12-8-23-16(25-6-2-1-3-7-25)24-15(12)13-9-22-14-5-4-11(10-26(13)14)17(19,20)21;2-1-3/h4-5,8-10H,1-3,6-7H2;1H,(H2,2,3). The first-order chi connectivity index (χ1) is 13.8. The minimum Gasteiger partial charge on any atom is -0.372 e. The zero-order valence-corrected chi connectivity index (χ0v) is 15.2. The second kappa shape index (κ2) is 8.41. The Labute approximate surface area is 163 Å². The van der Waals surface area contributed by atoms with Crippen molar-refractivity contribution in [2.24, 2.45) is 5.73 Å². The Hall–Kier alpha value is -3.24. The number of halogens is 4. The lowest BCUT2D eigenvalue weighted by molar-refractivity contribution is -0.137. The summed E-state index contributed by atoms with van der Waals surface area (Å²) in [4.78, 5) is 22.9. The molecule has 11 heteroatoms. The van der Waals surface area contributed by atoms with Crippen molar-refractivity contribution in [3.63, 3.8) is 0 Å². The summed E-state index contributed by atoms with van der Waals surface area (Å²) in [5, 5.41) is 0. The van der Waals surface area contributed by atoms with E-state index in [2.05, 4.69) is 20.7 Å². The summed E-state index contributed by atoms with van der Waals surface area (Å²) in [6.07, 6.45) is 2.15. The second-order valence-electron chi connectivity index (χ2n) is 6.34. The zero-order chi connectivity index (χ0) is 21.0. The van der Waals surface area contributed by atoms with Gasteiger partial charge in [-0.3, -0.25) is 9.20 Å².